The molecule has 31 heavy (non-hydrogen) atoms. The van der Waals surface area contributed by atoms with Crippen molar-refractivity contribution >= 4 is 45.3 Å². The molecule has 9 heteroatoms. The van der Waals surface area contributed by atoms with E-state index in [0.29, 0.717) is 18.0 Å². The molecule has 3 aromatic rings. The molecule has 158 valence electrons. The summed E-state index contributed by atoms with van der Waals surface area (Å²) in [4.78, 5) is 43.3. The number of thioether (sulfide) groups is 1. The van der Waals surface area contributed by atoms with Crippen LogP contribution in [0.1, 0.15) is 16.0 Å². The lowest BCUT2D eigenvalue weighted by Crippen LogP contribution is -2.38. The molecule has 0 radical (unpaired) electrons. The molecule has 1 fully saturated rings. The Hall–Kier alpha value is -3.04. The van der Waals surface area contributed by atoms with E-state index < -0.39 is 16.4 Å². The van der Waals surface area contributed by atoms with Crippen LogP contribution >= 0.6 is 23.1 Å². The Morgan fingerprint density at radius 1 is 1.06 bits per heavy atom. The summed E-state index contributed by atoms with van der Waals surface area (Å²) in [5.74, 6) is -1.13. The predicted octanol–water partition coefficient (Wildman–Crippen LogP) is 4.12. The molecule has 6 nitrogen and oxygen atoms in total. The molecule has 1 N–H and O–H groups in total. The monoisotopic (exact) mass is 455 g/mol. The molecule has 4 rings (SSSR count). The van der Waals surface area contributed by atoms with Gasteiger partial charge in [0.2, 0.25) is 11.8 Å². The number of carbonyl (C=O) groups is 3. The molecule has 1 aliphatic heterocycles. The lowest BCUT2D eigenvalue weighted by molar-refractivity contribution is -0.130. The first-order valence-corrected chi connectivity index (χ1v) is 11.2. The predicted molar refractivity (Wildman–Crippen MR) is 119 cm³/mol. The van der Waals surface area contributed by atoms with Gasteiger partial charge in [0.15, 0.2) is 5.13 Å². The minimum Gasteiger partial charge on any atom is -0.300 e. The molecular formula is C22H18FN3O3S2. The lowest BCUT2D eigenvalue weighted by Gasteiger charge is -2.13. The normalized spacial score (nSPS) is 16.0. The minimum atomic E-state index is -0.523. The van der Waals surface area contributed by atoms with Gasteiger partial charge in [0.1, 0.15) is 12.4 Å². The fraction of sp³-hybridized carbons (Fsp3) is 0.182. The van der Waals surface area contributed by atoms with Crippen LogP contribution in [-0.2, 0) is 22.4 Å². The van der Waals surface area contributed by atoms with Gasteiger partial charge >= 0.3 is 0 Å². The SMILES string of the molecule is O=C(CN1C(=O)SC(Cc2ccccc2)C1=O)Nc1ncc(Cc2ccc(F)cc2)s1. The standard InChI is InChI=1S/C22H18FN3O3S2/c23-16-8-6-15(7-9-16)10-17-12-24-21(30-17)25-19(27)13-26-20(28)18(31-22(26)29)11-14-4-2-1-3-5-14/h1-9,12,18H,10-11,13H2,(H,24,25,27). The van der Waals surface area contributed by atoms with Gasteiger partial charge in [-0.25, -0.2) is 9.37 Å². The molecule has 1 aliphatic rings. The van der Waals surface area contributed by atoms with Gasteiger partial charge in [-0.3, -0.25) is 19.3 Å². The number of anilines is 1. The number of carbonyl (C=O) groups excluding carboxylic acids is 3. The highest BCUT2D eigenvalue weighted by Crippen LogP contribution is 2.29. The Morgan fingerprint density at radius 2 is 1.81 bits per heavy atom. The first kappa shape index (κ1) is 21.2. The topological polar surface area (TPSA) is 79.4 Å². The molecule has 3 amide bonds. The average Bonchev–Trinajstić information content (AvgIpc) is 3.29. The lowest BCUT2D eigenvalue weighted by atomic mass is 10.1. The van der Waals surface area contributed by atoms with Crippen LogP contribution in [0, 0.1) is 5.82 Å². The largest absolute Gasteiger partial charge is 0.300 e. The second kappa shape index (κ2) is 9.40. The minimum absolute atomic E-state index is 0.295. The van der Waals surface area contributed by atoms with Crippen molar-refractivity contribution < 1.29 is 18.8 Å². The number of nitrogens with one attached hydrogen (secondary N) is 1. The quantitative estimate of drug-likeness (QED) is 0.580. The number of amides is 3. The summed E-state index contributed by atoms with van der Waals surface area (Å²) in [5.41, 5.74) is 1.89. The average molecular weight is 456 g/mol. The molecule has 0 saturated carbocycles. The van der Waals surface area contributed by atoms with Gasteiger partial charge in [-0.2, -0.15) is 0 Å². The van der Waals surface area contributed by atoms with E-state index in [1.807, 2.05) is 30.3 Å². The number of halogens is 1. The number of hydrogen-bond donors (Lipinski definition) is 1. The van der Waals surface area contributed by atoms with Crippen molar-refractivity contribution in [2.45, 2.75) is 18.1 Å². The van der Waals surface area contributed by atoms with E-state index >= 15 is 0 Å². The molecule has 0 spiro atoms. The van der Waals surface area contributed by atoms with E-state index in [0.717, 1.165) is 32.7 Å². The molecule has 2 heterocycles. The van der Waals surface area contributed by atoms with Gasteiger partial charge in [-0.1, -0.05) is 54.2 Å². The van der Waals surface area contributed by atoms with E-state index in [9.17, 15) is 18.8 Å². The Labute approximate surface area is 186 Å². The number of aromatic nitrogens is 1. The summed E-state index contributed by atoms with van der Waals surface area (Å²) < 4.78 is 13.0. The highest BCUT2D eigenvalue weighted by atomic mass is 32.2. The fourth-order valence-electron chi connectivity index (χ4n) is 3.15. The second-order valence-corrected chi connectivity index (χ2v) is 9.24. The Kier molecular flexibility index (Phi) is 6.43. The molecular weight excluding hydrogens is 437 g/mol. The molecule has 1 unspecified atom stereocenters. The second-order valence-electron chi connectivity index (χ2n) is 6.97. The van der Waals surface area contributed by atoms with Crippen LogP contribution in [0.15, 0.2) is 60.8 Å². The Bertz CT molecular complexity index is 1100. The maximum absolute atomic E-state index is 13.0. The first-order chi connectivity index (χ1) is 15.0. The van der Waals surface area contributed by atoms with Crippen molar-refractivity contribution in [3.63, 3.8) is 0 Å². The third-order valence-corrected chi connectivity index (χ3v) is 6.65. The van der Waals surface area contributed by atoms with Gasteiger partial charge in [-0.05, 0) is 29.7 Å². The van der Waals surface area contributed by atoms with Crippen molar-refractivity contribution in [1.29, 1.82) is 0 Å². The number of nitrogens with zero attached hydrogens (tertiary/aromatic N) is 2. The summed E-state index contributed by atoms with van der Waals surface area (Å²) in [6.45, 7) is -0.344. The number of imide groups is 1. The van der Waals surface area contributed by atoms with Crippen molar-refractivity contribution in [2.75, 3.05) is 11.9 Å². The van der Waals surface area contributed by atoms with Crippen LogP contribution in [0.25, 0.3) is 0 Å². The highest BCUT2D eigenvalue weighted by molar-refractivity contribution is 8.15. The Balaban J connectivity index is 1.32. The van der Waals surface area contributed by atoms with Crippen LogP contribution in [0.2, 0.25) is 0 Å². The van der Waals surface area contributed by atoms with Crippen LogP contribution in [0.5, 0.6) is 0 Å². The fourth-order valence-corrected chi connectivity index (χ4v) is 5.04. The van der Waals surface area contributed by atoms with Gasteiger partial charge < -0.3 is 5.32 Å². The van der Waals surface area contributed by atoms with Gasteiger partial charge in [-0.15, -0.1) is 11.3 Å². The molecule has 0 aliphatic carbocycles. The zero-order chi connectivity index (χ0) is 21.8. The van der Waals surface area contributed by atoms with Gasteiger partial charge in [0.25, 0.3) is 5.24 Å². The van der Waals surface area contributed by atoms with Crippen LogP contribution in [-0.4, -0.2) is 38.7 Å². The van der Waals surface area contributed by atoms with E-state index in [-0.39, 0.29) is 18.3 Å². The molecule has 0 bridgehead atoms. The van der Waals surface area contributed by atoms with Gasteiger partial charge in [0, 0.05) is 17.5 Å². The third kappa shape index (κ3) is 5.36. The first-order valence-electron chi connectivity index (χ1n) is 9.53. The van der Waals surface area contributed by atoms with Crippen molar-refractivity contribution in [1.82, 2.24) is 9.88 Å². The number of thiazole rings is 1. The zero-order valence-corrected chi connectivity index (χ0v) is 17.9. The molecule has 1 aromatic heterocycles. The number of rotatable bonds is 7. The molecule has 1 saturated heterocycles. The van der Waals surface area contributed by atoms with Crippen molar-refractivity contribution in [3.05, 3.63) is 82.6 Å². The van der Waals surface area contributed by atoms with Crippen molar-refractivity contribution in [3.8, 4) is 0 Å². The van der Waals surface area contributed by atoms with Crippen LogP contribution in [0.4, 0.5) is 14.3 Å². The third-order valence-electron chi connectivity index (χ3n) is 4.66. The maximum atomic E-state index is 13.0. The Morgan fingerprint density at radius 3 is 2.55 bits per heavy atom. The number of hydrogen-bond acceptors (Lipinski definition) is 6. The van der Waals surface area contributed by atoms with E-state index in [4.69, 9.17) is 0 Å². The molecule has 1 atom stereocenters. The van der Waals surface area contributed by atoms with E-state index in [1.165, 1.54) is 23.5 Å². The smallest absolute Gasteiger partial charge is 0.289 e. The van der Waals surface area contributed by atoms with Crippen LogP contribution in [0.3, 0.4) is 0 Å². The molecule has 2 aromatic carbocycles. The van der Waals surface area contributed by atoms with E-state index in [2.05, 4.69) is 10.3 Å². The summed E-state index contributed by atoms with van der Waals surface area (Å²) in [5, 5.41) is 2.08. The zero-order valence-electron chi connectivity index (χ0n) is 16.3. The summed E-state index contributed by atoms with van der Waals surface area (Å²) >= 11 is 2.24. The highest BCUT2D eigenvalue weighted by Gasteiger charge is 2.40. The number of benzene rings is 2. The van der Waals surface area contributed by atoms with E-state index in [1.54, 1.807) is 18.3 Å². The summed E-state index contributed by atoms with van der Waals surface area (Å²) in [6, 6.07) is 15.6. The van der Waals surface area contributed by atoms with Gasteiger partial charge in [0.05, 0.1) is 5.25 Å². The summed E-state index contributed by atoms with van der Waals surface area (Å²) in [7, 11) is 0. The maximum Gasteiger partial charge on any atom is 0.289 e. The summed E-state index contributed by atoms with van der Waals surface area (Å²) in [6.07, 6.45) is 2.64. The van der Waals surface area contributed by atoms with Crippen molar-refractivity contribution in [2.24, 2.45) is 0 Å². The van der Waals surface area contributed by atoms with Crippen LogP contribution < -0.4 is 5.32 Å².